The number of rotatable bonds is 5. The van der Waals surface area contributed by atoms with Gasteiger partial charge in [0.15, 0.2) is 0 Å². The van der Waals surface area contributed by atoms with Crippen LogP contribution in [0.15, 0.2) is 0 Å². The highest BCUT2D eigenvalue weighted by atomic mass is 19.4. The van der Waals surface area contributed by atoms with Gasteiger partial charge in [-0.3, -0.25) is 4.79 Å². The summed E-state index contributed by atoms with van der Waals surface area (Å²) in [5.41, 5.74) is 0. The van der Waals surface area contributed by atoms with Crippen molar-refractivity contribution in [3.05, 3.63) is 0 Å². The number of amides is 1. The summed E-state index contributed by atoms with van der Waals surface area (Å²) in [7, 11) is 0. The van der Waals surface area contributed by atoms with Gasteiger partial charge in [-0.05, 0) is 57.0 Å². The van der Waals surface area contributed by atoms with E-state index in [9.17, 15) is 18.0 Å². The molecule has 1 aliphatic carbocycles. The average molecular weight is 306 g/mol. The van der Waals surface area contributed by atoms with E-state index >= 15 is 0 Å². The second kappa shape index (κ2) is 7.47. The normalized spacial score (nSPS) is 30.3. The van der Waals surface area contributed by atoms with Gasteiger partial charge in [0, 0.05) is 13.0 Å². The Hall–Kier alpha value is -0.780. The van der Waals surface area contributed by atoms with Crippen LogP contribution in [0.4, 0.5) is 13.2 Å². The highest BCUT2D eigenvalue weighted by molar-refractivity contribution is 5.75. The van der Waals surface area contributed by atoms with Gasteiger partial charge < -0.3 is 10.6 Å². The molecule has 122 valence electrons. The quantitative estimate of drug-likeness (QED) is 0.820. The van der Waals surface area contributed by atoms with E-state index in [2.05, 4.69) is 10.6 Å². The Labute approximate surface area is 124 Å². The van der Waals surface area contributed by atoms with Crippen molar-refractivity contribution in [3.8, 4) is 0 Å². The van der Waals surface area contributed by atoms with Crippen LogP contribution in [-0.4, -0.2) is 31.7 Å². The molecule has 3 unspecified atom stereocenters. The lowest BCUT2D eigenvalue weighted by Gasteiger charge is -2.30. The molecule has 1 heterocycles. The fourth-order valence-corrected chi connectivity index (χ4v) is 3.42. The predicted octanol–water partition coefficient (Wildman–Crippen LogP) is 2.86. The van der Waals surface area contributed by atoms with Crippen molar-refractivity contribution in [2.45, 2.75) is 51.1 Å². The molecular weight excluding hydrogens is 281 g/mol. The summed E-state index contributed by atoms with van der Waals surface area (Å²) in [6.07, 6.45) is 0.189. The highest BCUT2D eigenvalue weighted by Crippen LogP contribution is 2.39. The third-order valence-corrected chi connectivity index (χ3v) is 4.78. The van der Waals surface area contributed by atoms with Crippen LogP contribution in [0.1, 0.15) is 44.9 Å². The van der Waals surface area contributed by atoms with Gasteiger partial charge in [0.25, 0.3) is 0 Å². The van der Waals surface area contributed by atoms with Crippen molar-refractivity contribution in [2.24, 2.45) is 17.8 Å². The number of nitrogens with one attached hydrogen (secondary N) is 2. The molecule has 2 rings (SSSR count). The maximum atomic E-state index is 12.7. The van der Waals surface area contributed by atoms with Crippen LogP contribution in [0, 0.1) is 17.8 Å². The van der Waals surface area contributed by atoms with E-state index in [-0.39, 0.29) is 24.7 Å². The van der Waals surface area contributed by atoms with Crippen molar-refractivity contribution < 1.29 is 18.0 Å². The molecule has 1 aliphatic heterocycles. The van der Waals surface area contributed by atoms with Crippen LogP contribution in [-0.2, 0) is 4.79 Å². The van der Waals surface area contributed by atoms with Gasteiger partial charge >= 0.3 is 6.18 Å². The van der Waals surface area contributed by atoms with Crippen LogP contribution in [0.3, 0.4) is 0 Å². The predicted molar refractivity (Wildman–Crippen MR) is 74.7 cm³/mol. The summed E-state index contributed by atoms with van der Waals surface area (Å²) in [5.74, 6) is -0.656. The maximum absolute atomic E-state index is 12.7. The van der Waals surface area contributed by atoms with Crippen LogP contribution < -0.4 is 10.6 Å². The van der Waals surface area contributed by atoms with E-state index in [1.54, 1.807) is 0 Å². The molecule has 2 fully saturated rings. The van der Waals surface area contributed by atoms with Crippen molar-refractivity contribution in [1.82, 2.24) is 10.6 Å². The lowest BCUT2D eigenvalue weighted by Crippen LogP contribution is -2.35. The maximum Gasteiger partial charge on any atom is 0.391 e. The summed E-state index contributed by atoms with van der Waals surface area (Å²) in [6.45, 7) is 2.39. The lowest BCUT2D eigenvalue weighted by atomic mass is 9.81. The average Bonchev–Trinajstić information content (AvgIpc) is 2.95. The number of hydrogen-bond donors (Lipinski definition) is 2. The molecule has 1 amide bonds. The van der Waals surface area contributed by atoms with Gasteiger partial charge in [0.2, 0.25) is 5.91 Å². The van der Waals surface area contributed by atoms with Gasteiger partial charge in [-0.2, -0.15) is 13.2 Å². The lowest BCUT2D eigenvalue weighted by molar-refractivity contribution is -0.185. The van der Waals surface area contributed by atoms with E-state index < -0.39 is 12.1 Å². The number of carbonyl (C=O) groups is 1. The first-order valence-electron chi connectivity index (χ1n) is 7.99. The van der Waals surface area contributed by atoms with Crippen molar-refractivity contribution in [1.29, 1.82) is 0 Å². The topological polar surface area (TPSA) is 41.1 Å². The summed E-state index contributed by atoms with van der Waals surface area (Å²) in [5, 5.41) is 6.08. The minimum absolute atomic E-state index is 0.0176. The standard InChI is InChI=1S/C15H25F3N2O/c16-15(17,18)13-3-1-2-12(8-13)10-20-14(21)5-4-11-6-7-19-9-11/h11-13,19H,1-10H2,(H,20,21). The minimum atomic E-state index is -4.09. The molecule has 0 aromatic carbocycles. The second-order valence-electron chi connectivity index (χ2n) is 6.47. The van der Waals surface area contributed by atoms with Gasteiger partial charge in [-0.1, -0.05) is 6.42 Å². The van der Waals surface area contributed by atoms with Gasteiger partial charge in [0.05, 0.1) is 5.92 Å². The van der Waals surface area contributed by atoms with Gasteiger partial charge in [-0.15, -0.1) is 0 Å². The highest BCUT2D eigenvalue weighted by Gasteiger charge is 2.42. The molecule has 3 nitrogen and oxygen atoms in total. The summed E-state index contributed by atoms with van der Waals surface area (Å²) in [4.78, 5) is 11.8. The summed E-state index contributed by atoms with van der Waals surface area (Å²) in [6, 6.07) is 0. The van der Waals surface area contributed by atoms with Gasteiger partial charge in [0.1, 0.15) is 0 Å². The van der Waals surface area contributed by atoms with Crippen LogP contribution in [0.25, 0.3) is 0 Å². The smallest absolute Gasteiger partial charge is 0.356 e. The Morgan fingerprint density at radius 2 is 2.00 bits per heavy atom. The number of halogens is 3. The Morgan fingerprint density at radius 1 is 1.19 bits per heavy atom. The molecule has 0 aromatic heterocycles. The fourth-order valence-electron chi connectivity index (χ4n) is 3.42. The van der Waals surface area contributed by atoms with E-state index in [1.165, 1.54) is 0 Å². The molecule has 1 saturated heterocycles. The third-order valence-electron chi connectivity index (χ3n) is 4.78. The molecule has 2 N–H and O–H groups in total. The number of alkyl halides is 3. The van der Waals surface area contributed by atoms with E-state index in [0.717, 1.165) is 32.4 Å². The zero-order valence-electron chi connectivity index (χ0n) is 12.3. The first kappa shape index (κ1) is 16.6. The van der Waals surface area contributed by atoms with Crippen LogP contribution in [0.2, 0.25) is 0 Å². The van der Waals surface area contributed by atoms with E-state index in [4.69, 9.17) is 0 Å². The van der Waals surface area contributed by atoms with Crippen molar-refractivity contribution >= 4 is 5.91 Å². The summed E-state index contributed by atoms with van der Waals surface area (Å²) < 4.78 is 38.1. The van der Waals surface area contributed by atoms with Crippen LogP contribution in [0.5, 0.6) is 0 Å². The largest absolute Gasteiger partial charge is 0.391 e. The second-order valence-corrected chi connectivity index (χ2v) is 6.47. The molecule has 0 spiro atoms. The first-order chi connectivity index (χ1) is 9.95. The Balaban J connectivity index is 1.63. The molecule has 2 aliphatic rings. The fraction of sp³-hybridized carbons (Fsp3) is 0.933. The molecule has 21 heavy (non-hydrogen) atoms. The van der Waals surface area contributed by atoms with Crippen molar-refractivity contribution in [2.75, 3.05) is 19.6 Å². The zero-order chi connectivity index (χ0) is 15.3. The number of carbonyl (C=O) groups excluding carboxylic acids is 1. The van der Waals surface area contributed by atoms with Crippen LogP contribution >= 0.6 is 0 Å². The Kier molecular flexibility index (Phi) is 5.90. The van der Waals surface area contributed by atoms with Crippen molar-refractivity contribution in [3.63, 3.8) is 0 Å². The monoisotopic (exact) mass is 306 g/mol. The minimum Gasteiger partial charge on any atom is -0.356 e. The molecule has 3 atom stereocenters. The molecule has 6 heteroatoms. The summed E-state index contributed by atoms with van der Waals surface area (Å²) >= 11 is 0. The first-order valence-corrected chi connectivity index (χ1v) is 7.99. The van der Waals surface area contributed by atoms with E-state index in [1.807, 2.05) is 0 Å². The molecule has 0 aromatic rings. The molecule has 0 bridgehead atoms. The molecule has 1 saturated carbocycles. The molecular formula is C15H25F3N2O. The molecule has 0 radical (unpaired) electrons. The Morgan fingerprint density at radius 3 is 2.67 bits per heavy atom. The van der Waals surface area contributed by atoms with Gasteiger partial charge in [-0.25, -0.2) is 0 Å². The zero-order valence-corrected chi connectivity index (χ0v) is 12.3. The number of hydrogen-bond acceptors (Lipinski definition) is 2. The third kappa shape index (κ3) is 5.49. The SMILES string of the molecule is O=C(CCC1CCNC1)NCC1CCCC(C(F)(F)F)C1. The van der Waals surface area contributed by atoms with E-state index in [0.29, 0.717) is 25.3 Å². The Bertz CT molecular complexity index is 340.